The molecule has 0 aromatic heterocycles. The maximum atomic E-state index is 12.9. The van der Waals surface area contributed by atoms with Crippen molar-refractivity contribution in [1.82, 2.24) is 19.2 Å². The van der Waals surface area contributed by atoms with Gasteiger partial charge in [-0.2, -0.15) is 13.1 Å². The van der Waals surface area contributed by atoms with Crippen molar-refractivity contribution >= 4 is 39.8 Å². The van der Waals surface area contributed by atoms with E-state index >= 15 is 0 Å². The minimum Gasteiger partial charge on any atom is -0.477 e. The summed E-state index contributed by atoms with van der Waals surface area (Å²) in [6, 6.07) is -1.10. The smallest absolute Gasteiger partial charge is 0.353 e. The number of amides is 2. The fourth-order valence-corrected chi connectivity index (χ4v) is 8.30. The number of carbonyl (C=O) groups excluding carboxylic acids is 2. The lowest BCUT2D eigenvalue weighted by Gasteiger charge is -2.46. The van der Waals surface area contributed by atoms with Crippen LogP contribution in [0.3, 0.4) is 0 Å². The zero-order valence-corrected chi connectivity index (χ0v) is 19.9. The van der Waals surface area contributed by atoms with E-state index in [0.29, 0.717) is 17.9 Å². The second-order valence-corrected chi connectivity index (χ2v) is 12.5. The number of aliphatic carboxylic acids is 1. The quantitative estimate of drug-likeness (QED) is 0.359. The van der Waals surface area contributed by atoms with Crippen LogP contribution in [0.1, 0.15) is 34.1 Å². The number of hydrogen-bond donors (Lipinski definition) is 4. The van der Waals surface area contributed by atoms with Crippen LogP contribution in [0.25, 0.3) is 0 Å². The molecule has 3 fully saturated rings. The number of nitrogens with zero attached hydrogens (tertiary/aromatic N) is 2. The molecule has 1 unspecified atom stereocenters. The molecule has 6 atom stereocenters. The van der Waals surface area contributed by atoms with E-state index in [4.69, 9.17) is 0 Å². The van der Waals surface area contributed by atoms with Crippen LogP contribution in [0, 0.1) is 11.8 Å². The summed E-state index contributed by atoms with van der Waals surface area (Å²) in [7, 11) is -3.89. The summed E-state index contributed by atoms with van der Waals surface area (Å²) in [6.07, 6.45) is -0.543. The van der Waals surface area contributed by atoms with Crippen molar-refractivity contribution in [3.8, 4) is 0 Å². The predicted molar refractivity (Wildman–Crippen MR) is 115 cm³/mol. The first kappa shape index (κ1) is 23.5. The van der Waals surface area contributed by atoms with Crippen LogP contribution in [0.4, 0.5) is 0 Å². The van der Waals surface area contributed by atoms with Crippen LogP contribution < -0.4 is 10.0 Å². The Hall–Kier alpha value is -1.67. The highest BCUT2D eigenvalue weighted by atomic mass is 32.2. The minimum absolute atomic E-state index is 0.0367. The molecule has 13 heteroatoms. The Morgan fingerprint density at radius 3 is 2.50 bits per heavy atom. The second kappa shape index (κ2) is 7.69. The summed E-state index contributed by atoms with van der Waals surface area (Å²) in [5.74, 6) is -3.02. The molecule has 4 aliphatic heterocycles. The van der Waals surface area contributed by atoms with E-state index in [-0.39, 0.29) is 23.4 Å². The molecule has 3 saturated heterocycles. The molecule has 0 spiro atoms. The van der Waals surface area contributed by atoms with Crippen LogP contribution in [-0.2, 0) is 24.6 Å². The lowest BCUT2D eigenvalue weighted by molar-refractivity contribution is -0.163. The number of nitrogens with one attached hydrogen (secondary N) is 2. The first-order valence-electron chi connectivity index (χ1n) is 10.5. The molecular formula is C19H28N4O7S2. The Balaban J connectivity index is 1.48. The van der Waals surface area contributed by atoms with Gasteiger partial charge in [-0.1, -0.05) is 6.92 Å². The number of fused-ring (bicyclic) bond motifs is 1. The molecule has 4 N–H and O–H groups in total. The molecule has 0 bridgehead atoms. The topological polar surface area (TPSA) is 156 Å². The summed E-state index contributed by atoms with van der Waals surface area (Å²) in [6.45, 7) is 7.20. The zero-order chi connectivity index (χ0) is 23.7. The van der Waals surface area contributed by atoms with Gasteiger partial charge in [-0.15, -0.1) is 11.8 Å². The van der Waals surface area contributed by atoms with E-state index in [1.54, 1.807) is 13.8 Å². The molecule has 4 rings (SSSR count). The average molecular weight is 489 g/mol. The summed E-state index contributed by atoms with van der Waals surface area (Å²) < 4.78 is 28.0. The first-order chi connectivity index (χ1) is 14.7. The number of carbonyl (C=O) groups is 3. The van der Waals surface area contributed by atoms with Crippen molar-refractivity contribution in [1.29, 1.82) is 0 Å². The van der Waals surface area contributed by atoms with Crippen molar-refractivity contribution in [3.63, 3.8) is 0 Å². The highest BCUT2D eigenvalue weighted by Gasteiger charge is 2.60. The largest absolute Gasteiger partial charge is 0.477 e. The Bertz CT molecular complexity index is 1010. The van der Waals surface area contributed by atoms with Crippen LogP contribution in [-0.4, -0.2) is 87.7 Å². The van der Waals surface area contributed by atoms with E-state index in [0.717, 1.165) is 4.31 Å². The number of aliphatic hydroxyl groups excluding tert-OH is 1. The molecule has 0 radical (unpaired) electrons. The van der Waals surface area contributed by atoms with Crippen LogP contribution in [0.5, 0.6) is 0 Å². The summed E-state index contributed by atoms with van der Waals surface area (Å²) >= 11 is 1.31. The number of aliphatic hydroxyl groups is 1. The minimum atomic E-state index is -3.89. The van der Waals surface area contributed by atoms with Crippen molar-refractivity contribution in [2.75, 3.05) is 13.1 Å². The van der Waals surface area contributed by atoms with E-state index in [1.807, 2.05) is 6.92 Å². The van der Waals surface area contributed by atoms with Gasteiger partial charge in [-0.3, -0.25) is 9.59 Å². The summed E-state index contributed by atoms with van der Waals surface area (Å²) in [5.41, 5.74) is -0.806. The van der Waals surface area contributed by atoms with Gasteiger partial charge >= 0.3 is 16.2 Å². The Morgan fingerprint density at radius 2 is 1.97 bits per heavy atom. The third kappa shape index (κ3) is 3.63. The highest BCUT2D eigenvalue weighted by molar-refractivity contribution is 8.03. The number of carboxylic acid groups (broad SMARTS) is 1. The monoisotopic (exact) mass is 488 g/mol. The zero-order valence-electron chi connectivity index (χ0n) is 18.2. The normalized spacial score (nSPS) is 36.3. The van der Waals surface area contributed by atoms with E-state index in [1.165, 1.54) is 23.6 Å². The third-order valence-corrected chi connectivity index (χ3v) is 9.68. The number of thioether (sulfide) groups is 1. The molecule has 0 aliphatic carbocycles. The SMILES string of the molecule is C[C@H]1C(S[C@@H]2CN[C@H](C(=O)N3CC(C)(C)NS3(=O)=O)C2)=C(C(=O)O)N2C(=O)[C@H]([C@@H](C)O)C12. The standard InChI is InChI=1S/C19H28N4O7S2/c1-8-13-12(9(2)24)17(26)23(13)14(18(27)28)15(8)31-10-5-11(20-6-10)16(25)22-7-19(3,4)21-32(22,29)30/h8-13,20-21,24H,5-7H2,1-4H3,(H,27,28)/t8-,9-,10+,11+,12-,13?/m1/s1. The van der Waals surface area contributed by atoms with Gasteiger partial charge in [-0.05, 0) is 27.2 Å². The average Bonchev–Trinajstić information content (AvgIpc) is 3.27. The van der Waals surface area contributed by atoms with Crippen molar-refractivity contribution in [3.05, 3.63) is 10.6 Å². The van der Waals surface area contributed by atoms with Gasteiger partial charge in [0.05, 0.1) is 30.7 Å². The molecule has 11 nitrogen and oxygen atoms in total. The van der Waals surface area contributed by atoms with Crippen LogP contribution in [0.2, 0.25) is 0 Å². The fraction of sp³-hybridized carbons (Fsp3) is 0.737. The fourth-order valence-electron chi connectivity index (χ4n) is 5.09. The van der Waals surface area contributed by atoms with Crippen molar-refractivity contribution in [2.45, 2.75) is 63.1 Å². The van der Waals surface area contributed by atoms with Gasteiger partial charge in [0.1, 0.15) is 5.70 Å². The van der Waals surface area contributed by atoms with Crippen LogP contribution >= 0.6 is 11.8 Å². The van der Waals surface area contributed by atoms with Gasteiger partial charge in [0, 0.05) is 28.2 Å². The maximum absolute atomic E-state index is 12.9. The Labute approximate surface area is 190 Å². The lowest BCUT2D eigenvalue weighted by Crippen LogP contribution is -2.63. The first-order valence-corrected chi connectivity index (χ1v) is 12.8. The van der Waals surface area contributed by atoms with Gasteiger partial charge in [0.2, 0.25) is 5.91 Å². The molecule has 0 aromatic rings. The molecule has 0 saturated carbocycles. The number of hydrogen-bond acceptors (Lipinski definition) is 8. The van der Waals surface area contributed by atoms with Crippen LogP contribution in [0.15, 0.2) is 10.6 Å². The van der Waals surface area contributed by atoms with E-state index in [2.05, 4.69) is 10.0 Å². The molecule has 2 amide bonds. The number of β-lactam (4-membered cyclic amide) rings is 1. The van der Waals surface area contributed by atoms with Gasteiger partial charge < -0.3 is 20.4 Å². The lowest BCUT2D eigenvalue weighted by atomic mass is 9.79. The van der Waals surface area contributed by atoms with E-state index in [9.17, 15) is 33.0 Å². The van der Waals surface area contributed by atoms with Gasteiger partial charge in [0.25, 0.3) is 5.91 Å². The predicted octanol–water partition coefficient (Wildman–Crippen LogP) is -0.941. The molecule has 178 valence electrons. The number of rotatable bonds is 5. The molecule has 32 heavy (non-hydrogen) atoms. The van der Waals surface area contributed by atoms with Gasteiger partial charge in [0.15, 0.2) is 0 Å². The molecule has 0 aromatic carbocycles. The van der Waals surface area contributed by atoms with Crippen molar-refractivity contribution < 1.29 is 33.0 Å². The Morgan fingerprint density at radius 1 is 1.31 bits per heavy atom. The van der Waals surface area contributed by atoms with Gasteiger partial charge in [-0.25, -0.2) is 9.10 Å². The summed E-state index contributed by atoms with van der Waals surface area (Å²) in [4.78, 5) is 39.1. The third-order valence-electron chi connectivity index (χ3n) is 6.47. The van der Waals surface area contributed by atoms with Crippen molar-refractivity contribution in [2.24, 2.45) is 11.8 Å². The molecule has 4 aliphatic rings. The maximum Gasteiger partial charge on any atom is 0.353 e. The number of carboxylic acids is 1. The van der Waals surface area contributed by atoms with E-state index < -0.39 is 57.6 Å². The highest BCUT2D eigenvalue weighted by Crippen LogP contribution is 2.51. The molecular weight excluding hydrogens is 460 g/mol. The second-order valence-electron chi connectivity index (χ2n) is 9.54. The summed E-state index contributed by atoms with van der Waals surface area (Å²) in [5, 5.41) is 22.6. The molecule has 4 heterocycles. The Kier molecular flexibility index (Phi) is 5.64.